The summed E-state index contributed by atoms with van der Waals surface area (Å²) in [5.41, 5.74) is 3.27. The van der Waals surface area contributed by atoms with Crippen molar-refractivity contribution in [2.24, 2.45) is 5.41 Å². The SMILES string of the molecule is Cc1[nH]ncc1-c1nc(N2CCC3(CC2)CCN(C2CCOC2)C3)c2ccncc2n1. The molecule has 0 amide bonds. The van der Waals surface area contributed by atoms with Crippen molar-refractivity contribution < 1.29 is 4.74 Å². The molecule has 3 saturated heterocycles. The number of nitrogens with zero attached hydrogens (tertiary/aromatic N) is 6. The van der Waals surface area contributed by atoms with Crippen LogP contribution >= 0.6 is 0 Å². The number of rotatable bonds is 3. The second-order valence-corrected chi connectivity index (χ2v) is 9.40. The lowest BCUT2D eigenvalue weighted by Crippen LogP contribution is -2.43. The van der Waals surface area contributed by atoms with Gasteiger partial charge in [0.2, 0.25) is 0 Å². The summed E-state index contributed by atoms with van der Waals surface area (Å²) in [7, 11) is 0. The van der Waals surface area contributed by atoms with Crippen LogP contribution in [0.2, 0.25) is 0 Å². The molecule has 0 radical (unpaired) electrons. The van der Waals surface area contributed by atoms with Gasteiger partial charge in [-0.2, -0.15) is 5.10 Å². The first-order valence-corrected chi connectivity index (χ1v) is 11.4. The van der Waals surface area contributed by atoms with Gasteiger partial charge < -0.3 is 9.64 Å². The minimum atomic E-state index is 0.452. The molecule has 3 aliphatic heterocycles. The first-order chi connectivity index (χ1) is 15.2. The van der Waals surface area contributed by atoms with Gasteiger partial charge in [-0.25, -0.2) is 9.97 Å². The number of aromatic nitrogens is 5. The van der Waals surface area contributed by atoms with Crippen molar-refractivity contribution in [2.45, 2.75) is 38.6 Å². The highest BCUT2D eigenvalue weighted by molar-refractivity contribution is 5.90. The Morgan fingerprint density at radius 2 is 2.00 bits per heavy atom. The highest BCUT2D eigenvalue weighted by Gasteiger charge is 2.43. The van der Waals surface area contributed by atoms with Gasteiger partial charge >= 0.3 is 0 Å². The standard InChI is InChI=1S/C23H29N7O/c1-16-19(12-25-28-16)21-26-20-13-24-7-2-18(20)22(27-21)29-8-4-23(5-9-29)6-10-30(15-23)17-3-11-31-14-17/h2,7,12-13,17H,3-6,8-11,14-15H2,1H3,(H,25,28). The van der Waals surface area contributed by atoms with Gasteiger partial charge in [-0.05, 0) is 50.6 Å². The number of ether oxygens (including phenoxy) is 1. The topological polar surface area (TPSA) is 83.1 Å². The van der Waals surface area contributed by atoms with E-state index >= 15 is 0 Å². The number of aromatic amines is 1. The van der Waals surface area contributed by atoms with Crippen LogP contribution in [-0.4, -0.2) is 75.5 Å². The highest BCUT2D eigenvalue weighted by Crippen LogP contribution is 2.43. The quantitative estimate of drug-likeness (QED) is 0.699. The lowest BCUT2D eigenvalue weighted by molar-refractivity contribution is 0.142. The number of pyridine rings is 1. The number of hydrogen-bond donors (Lipinski definition) is 1. The normalized spacial score (nSPS) is 23.9. The maximum atomic E-state index is 5.64. The minimum Gasteiger partial charge on any atom is -0.380 e. The summed E-state index contributed by atoms with van der Waals surface area (Å²) in [6.07, 6.45) is 10.4. The number of hydrogen-bond acceptors (Lipinski definition) is 7. The van der Waals surface area contributed by atoms with Gasteiger partial charge in [0.15, 0.2) is 5.82 Å². The summed E-state index contributed by atoms with van der Waals surface area (Å²) < 4.78 is 5.64. The van der Waals surface area contributed by atoms with Crippen molar-refractivity contribution in [2.75, 3.05) is 44.3 Å². The molecule has 0 bridgehead atoms. The lowest BCUT2D eigenvalue weighted by Gasteiger charge is -2.40. The molecule has 3 aromatic rings. The Labute approximate surface area is 182 Å². The van der Waals surface area contributed by atoms with Crippen LogP contribution in [0.25, 0.3) is 22.3 Å². The Morgan fingerprint density at radius 1 is 1.13 bits per heavy atom. The third kappa shape index (κ3) is 3.38. The van der Waals surface area contributed by atoms with Crippen molar-refractivity contribution >= 4 is 16.7 Å². The maximum Gasteiger partial charge on any atom is 0.165 e. The average molecular weight is 420 g/mol. The molecule has 8 heteroatoms. The van der Waals surface area contributed by atoms with E-state index in [-0.39, 0.29) is 0 Å². The molecule has 31 heavy (non-hydrogen) atoms. The number of H-pyrrole nitrogens is 1. The molecule has 8 nitrogen and oxygen atoms in total. The van der Waals surface area contributed by atoms with Crippen LogP contribution in [0.4, 0.5) is 5.82 Å². The number of piperidine rings is 1. The zero-order valence-electron chi connectivity index (χ0n) is 18.0. The molecule has 1 N–H and O–H groups in total. The smallest absolute Gasteiger partial charge is 0.165 e. The van der Waals surface area contributed by atoms with E-state index in [1.54, 1.807) is 0 Å². The van der Waals surface area contributed by atoms with Gasteiger partial charge in [-0.15, -0.1) is 0 Å². The van der Waals surface area contributed by atoms with Crippen LogP contribution in [0.3, 0.4) is 0 Å². The molecule has 6 rings (SSSR count). The fourth-order valence-corrected chi connectivity index (χ4v) is 5.59. The van der Waals surface area contributed by atoms with Gasteiger partial charge in [0, 0.05) is 49.6 Å². The Balaban J connectivity index is 1.26. The number of aryl methyl sites for hydroxylation is 1. The van der Waals surface area contributed by atoms with Crippen molar-refractivity contribution in [1.29, 1.82) is 0 Å². The third-order valence-corrected chi connectivity index (χ3v) is 7.56. The number of anilines is 1. The summed E-state index contributed by atoms with van der Waals surface area (Å²) in [4.78, 5) is 19.2. The van der Waals surface area contributed by atoms with E-state index in [0.29, 0.717) is 11.5 Å². The van der Waals surface area contributed by atoms with Crippen LogP contribution in [0, 0.1) is 12.3 Å². The van der Waals surface area contributed by atoms with Crippen LogP contribution < -0.4 is 4.90 Å². The van der Waals surface area contributed by atoms with Gasteiger partial charge in [0.05, 0.1) is 30.1 Å². The van der Waals surface area contributed by atoms with Crippen LogP contribution in [0.1, 0.15) is 31.4 Å². The summed E-state index contributed by atoms with van der Waals surface area (Å²) in [6, 6.07) is 2.68. The van der Waals surface area contributed by atoms with Gasteiger partial charge in [-0.3, -0.25) is 15.0 Å². The van der Waals surface area contributed by atoms with Crippen LogP contribution in [0.15, 0.2) is 24.7 Å². The van der Waals surface area contributed by atoms with E-state index in [9.17, 15) is 0 Å². The molecule has 1 unspecified atom stereocenters. The molecule has 0 aliphatic carbocycles. The van der Waals surface area contributed by atoms with Crippen molar-refractivity contribution in [1.82, 2.24) is 30.0 Å². The van der Waals surface area contributed by atoms with Gasteiger partial charge in [0.25, 0.3) is 0 Å². The highest BCUT2D eigenvalue weighted by atomic mass is 16.5. The molecule has 3 fully saturated rings. The van der Waals surface area contributed by atoms with Crippen molar-refractivity contribution in [3.8, 4) is 11.4 Å². The molecule has 1 spiro atoms. The molecular weight excluding hydrogens is 390 g/mol. The monoisotopic (exact) mass is 419 g/mol. The molecular formula is C23H29N7O. The fourth-order valence-electron chi connectivity index (χ4n) is 5.59. The molecule has 3 aromatic heterocycles. The van der Waals surface area contributed by atoms with E-state index in [2.05, 4.69) is 25.0 Å². The summed E-state index contributed by atoms with van der Waals surface area (Å²) in [5, 5.41) is 8.24. The van der Waals surface area contributed by atoms with E-state index in [1.807, 2.05) is 31.6 Å². The first-order valence-electron chi connectivity index (χ1n) is 11.4. The van der Waals surface area contributed by atoms with Crippen molar-refractivity contribution in [3.63, 3.8) is 0 Å². The van der Waals surface area contributed by atoms with Crippen molar-refractivity contribution in [3.05, 3.63) is 30.4 Å². The Hall–Kier alpha value is -2.58. The Bertz CT molecular complexity index is 1080. The molecule has 1 atom stereocenters. The second kappa shape index (κ2) is 7.53. The van der Waals surface area contributed by atoms with Crippen LogP contribution in [0.5, 0.6) is 0 Å². The Morgan fingerprint density at radius 3 is 2.77 bits per heavy atom. The molecule has 0 aromatic carbocycles. The van der Waals surface area contributed by atoms with Gasteiger partial charge in [-0.1, -0.05) is 0 Å². The predicted octanol–water partition coefficient (Wildman–Crippen LogP) is 2.80. The lowest BCUT2D eigenvalue weighted by atomic mass is 9.77. The molecule has 162 valence electrons. The maximum absolute atomic E-state index is 5.64. The first kappa shape index (κ1) is 19.1. The van der Waals surface area contributed by atoms with E-state index in [4.69, 9.17) is 14.7 Å². The summed E-state index contributed by atoms with van der Waals surface area (Å²) >= 11 is 0. The third-order valence-electron chi connectivity index (χ3n) is 7.56. The Kier molecular flexibility index (Phi) is 4.65. The second-order valence-electron chi connectivity index (χ2n) is 9.40. The minimum absolute atomic E-state index is 0.452. The zero-order valence-corrected chi connectivity index (χ0v) is 18.0. The molecule has 3 aliphatic rings. The summed E-state index contributed by atoms with van der Waals surface area (Å²) in [6.45, 7) is 8.36. The fraction of sp³-hybridized carbons (Fsp3) is 0.565. The number of fused-ring (bicyclic) bond motifs is 1. The summed E-state index contributed by atoms with van der Waals surface area (Å²) in [5.74, 6) is 1.74. The zero-order chi connectivity index (χ0) is 20.8. The van der Waals surface area contributed by atoms with Crippen LogP contribution in [-0.2, 0) is 4.74 Å². The number of likely N-dealkylation sites (tertiary alicyclic amines) is 1. The average Bonchev–Trinajstić information content (AvgIpc) is 3.55. The number of nitrogens with one attached hydrogen (secondary N) is 1. The van der Waals surface area contributed by atoms with E-state index in [1.165, 1.54) is 38.8 Å². The van der Waals surface area contributed by atoms with Gasteiger partial charge in [0.1, 0.15) is 5.82 Å². The van der Waals surface area contributed by atoms with E-state index < -0.39 is 0 Å². The molecule has 0 saturated carbocycles. The predicted molar refractivity (Wildman–Crippen MR) is 119 cm³/mol. The molecule has 6 heterocycles. The largest absolute Gasteiger partial charge is 0.380 e. The van der Waals surface area contributed by atoms with E-state index in [0.717, 1.165) is 60.1 Å².